The molecule has 1 aromatic carbocycles. The van der Waals surface area contributed by atoms with Gasteiger partial charge in [0.25, 0.3) is 0 Å². The van der Waals surface area contributed by atoms with Gasteiger partial charge in [0.15, 0.2) is 18.1 Å². The molecular formula is C12H13NO5. The summed E-state index contributed by atoms with van der Waals surface area (Å²) in [5, 5.41) is 8.37. The van der Waals surface area contributed by atoms with Crippen LogP contribution in [0.5, 0.6) is 17.2 Å². The second kappa shape index (κ2) is 6.35. The van der Waals surface area contributed by atoms with Crippen molar-refractivity contribution in [1.82, 2.24) is 0 Å². The Morgan fingerprint density at radius 3 is 2.33 bits per heavy atom. The van der Waals surface area contributed by atoms with E-state index in [1.807, 2.05) is 0 Å². The van der Waals surface area contributed by atoms with Gasteiger partial charge in [0.2, 0.25) is 5.75 Å². The van der Waals surface area contributed by atoms with E-state index in [0.717, 1.165) is 0 Å². The average molecular weight is 251 g/mol. The van der Waals surface area contributed by atoms with E-state index in [1.165, 1.54) is 27.4 Å². The average Bonchev–Trinajstić information content (AvgIpc) is 2.42. The molecule has 6 heteroatoms. The van der Waals surface area contributed by atoms with Crippen LogP contribution < -0.4 is 14.2 Å². The first-order chi connectivity index (χ1) is 8.69. The molecule has 0 bridgehead atoms. The fourth-order valence-corrected chi connectivity index (χ4v) is 1.44. The lowest BCUT2D eigenvalue weighted by molar-refractivity contribution is 0.0550. The maximum Gasteiger partial charge on any atom is 0.343 e. The highest BCUT2D eigenvalue weighted by molar-refractivity contribution is 5.94. The molecule has 0 aromatic heterocycles. The van der Waals surface area contributed by atoms with Crippen LogP contribution in [-0.2, 0) is 4.74 Å². The van der Waals surface area contributed by atoms with Gasteiger partial charge in [0, 0.05) is 0 Å². The van der Waals surface area contributed by atoms with Gasteiger partial charge in [0.1, 0.15) is 11.6 Å². The summed E-state index contributed by atoms with van der Waals surface area (Å²) in [4.78, 5) is 11.7. The van der Waals surface area contributed by atoms with Crippen molar-refractivity contribution in [3.8, 4) is 23.3 Å². The fourth-order valence-electron chi connectivity index (χ4n) is 1.44. The molecule has 6 nitrogen and oxygen atoms in total. The van der Waals surface area contributed by atoms with Crippen LogP contribution in [0.15, 0.2) is 12.1 Å². The standard InChI is InChI=1S/C12H13NO5/c1-15-9-5-4-8(12(14)18-7-6-13)10(16-2)11(9)17-3/h4-5H,7H2,1-3H3. The van der Waals surface area contributed by atoms with Crippen LogP contribution in [-0.4, -0.2) is 33.9 Å². The van der Waals surface area contributed by atoms with Crippen molar-refractivity contribution in [1.29, 1.82) is 5.26 Å². The number of ether oxygens (including phenoxy) is 4. The maximum atomic E-state index is 11.7. The molecule has 0 saturated heterocycles. The second-order valence-corrected chi connectivity index (χ2v) is 3.12. The molecule has 0 aliphatic rings. The van der Waals surface area contributed by atoms with E-state index >= 15 is 0 Å². The minimum absolute atomic E-state index is 0.172. The van der Waals surface area contributed by atoms with Crippen LogP contribution >= 0.6 is 0 Å². The number of carbonyl (C=O) groups is 1. The van der Waals surface area contributed by atoms with Gasteiger partial charge in [-0.1, -0.05) is 0 Å². The summed E-state index contributed by atoms with van der Waals surface area (Å²) in [6.45, 7) is -0.323. The Morgan fingerprint density at radius 1 is 1.17 bits per heavy atom. The Bertz CT molecular complexity index is 478. The minimum atomic E-state index is -0.658. The topological polar surface area (TPSA) is 77.8 Å². The van der Waals surface area contributed by atoms with E-state index in [9.17, 15) is 4.79 Å². The second-order valence-electron chi connectivity index (χ2n) is 3.12. The highest BCUT2D eigenvalue weighted by atomic mass is 16.5. The zero-order chi connectivity index (χ0) is 13.5. The van der Waals surface area contributed by atoms with Gasteiger partial charge in [-0.05, 0) is 12.1 Å². The largest absolute Gasteiger partial charge is 0.493 e. The molecular weight excluding hydrogens is 238 g/mol. The molecule has 0 saturated carbocycles. The number of methoxy groups -OCH3 is 3. The van der Waals surface area contributed by atoms with Crippen LogP contribution in [0.1, 0.15) is 10.4 Å². The highest BCUT2D eigenvalue weighted by Crippen LogP contribution is 2.39. The van der Waals surface area contributed by atoms with Crippen LogP contribution in [0.25, 0.3) is 0 Å². The van der Waals surface area contributed by atoms with E-state index in [1.54, 1.807) is 12.1 Å². The first kappa shape index (κ1) is 13.6. The lowest BCUT2D eigenvalue weighted by Gasteiger charge is -2.14. The highest BCUT2D eigenvalue weighted by Gasteiger charge is 2.21. The van der Waals surface area contributed by atoms with Gasteiger partial charge >= 0.3 is 5.97 Å². The Hall–Kier alpha value is -2.42. The zero-order valence-electron chi connectivity index (χ0n) is 10.4. The number of nitrogens with zero attached hydrogens (tertiary/aromatic N) is 1. The predicted octanol–water partition coefficient (Wildman–Crippen LogP) is 1.39. The smallest absolute Gasteiger partial charge is 0.343 e. The summed E-state index contributed by atoms with van der Waals surface area (Å²) in [5.41, 5.74) is 0.172. The number of carbonyl (C=O) groups excluding carboxylic acids is 1. The third-order valence-corrected chi connectivity index (χ3v) is 2.19. The number of rotatable bonds is 5. The van der Waals surface area contributed by atoms with Gasteiger partial charge in [-0.25, -0.2) is 4.79 Å². The molecule has 0 atom stereocenters. The van der Waals surface area contributed by atoms with Crippen molar-refractivity contribution in [2.24, 2.45) is 0 Å². The first-order valence-corrected chi connectivity index (χ1v) is 5.02. The van der Waals surface area contributed by atoms with Gasteiger partial charge in [-0.15, -0.1) is 0 Å². The molecule has 1 aromatic rings. The van der Waals surface area contributed by atoms with Gasteiger partial charge in [-0.2, -0.15) is 5.26 Å². The van der Waals surface area contributed by atoms with Gasteiger partial charge in [-0.3, -0.25) is 0 Å². The molecule has 0 aliphatic carbocycles. The number of hydrogen-bond donors (Lipinski definition) is 0. The predicted molar refractivity (Wildman–Crippen MR) is 62.0 cm³/mol. The van der Waals surface area contributed by atoms with Crippen molar-refractivity contribution in [2.75, 3.05) is 27.9 Å². The molecule has 0 N–H and O–H groups in total. The molecule has 0 aliphatic heterocycles. The molecule has 0 fully saturated rings. The Kier molecular flexibility index (Phi) is 4.81. The number of hydrogen-bond acceptors (Lipinski definition) is 6. The van der Waals surface area contributed by atoms with Gasteiger partial charge < -0.3 is 18.9 Å². The SMILES string of the molecule is COc1ccc(C(=O)OCC#N)c(OC)c1OC. The van der Waals surface area contributed by atoms with Crippen molar-refractivity contribution in [3.63, 3.8) is 0 Å². The zero-order valence-corrected chi connectivity index (χ0v) is 10.4. The van der Waals surface area contributed by atoms with Crippen molar-refractivity contribution in [2.45, 2.75) is 0 Å². The normalized spacial score (nSPS) is 9.22. The van der Waals surface area contributed by atoms with Crippen molar-refractivity contribution >= 4 is 5.97 Å². The van der Waals surface area contributed by atoms with E-state index in [0.29, 0.717) is 11.5 Å². The first-order valence-electron chi connectivity index (χ1n) is 5.02. The molecule has 1 rings (SSSR count). The minimum Gasteiger partial charge on any atom is -0.493 e. The Balaban J connectivity index is 3.21. The Labute approximate surface area is 105 Å². The number of esters is 1. The molecule has 0 amide bonds. The third-order valence-electron chi connectivity index (χ3n) is 2.19. The van der Waals surface area contributed by atoms with Crippen LogP contribution in [0, 0.1) is 11.3 Å². The summed E-state index contributed by atoms with van der Waals surface area (Å²) >= 11 is 0. The van der Waals surface area contributed by atoms with E-state index in [4.69, 9.17) is 24.2 Å². The monoisotopic (exact) mass is 251 g/mol. The van der Waals surface area contributed by atoms with Gasteiger partial charge in [0.05, 0.1) is 21.3 Å². The molecule has 0 radical (unpaired) electrons. The lowest BCUT2D eigenvalue weighted by atomic mass is 10.1. The van der Waals surface area contributed by atoms with Crippen LogP contribution in [0.4, 0.5) is 0 Å². The molecule has 0 unspecified atom stereocenters. The summed E-state index contributed by atoms with van der Waals surface area (Å²) in [5.74, 6) is 0.284. The summed E-state index contributed by atoms with van der Waals surface area (Å²) < 4.78 is 20.1. The van der Waals surface area contributed by atoms with Crippen LogP contribution in [0.3, 0.4) is 0 Å². The van der Waals surface area contributed by atoms with Crippen molar-refractivity contribution < 1.29 is 23.7 Å². The summed E-state index contributed by atoms with van der Waals surface area (Å²) in [6.07, 6.45) is 0. The summed E-state index contributed by atoms with van der Waals surface area (Å²) in [7, 11) is 4.31. The molecule has 0 spiro atoms. The fraction of sp³-hybridized carbons (Fsp3) is 0.333. The molecule has 96 valence electrons. The molecule has 18 heavy (non-hydrogen) atoms. The van der Waals surface area contributed by atoms with E-state index < -0.39 is 5.97 Å². The van der Waals surface area contributed by atoms with Crippen molar-refractivity contribution in [3.05, 3.63) is 17.7 Å². The Morgan fingerprint density at radius 2 is 1.83 bits per heavy atom. The lowest BCUT2D eigenvalue weighted by Crippen LogP contribution is -2.08. The molecule has 0 heterocycles. The summed E-state index contributed by atoms with van der Waals surface area (Å²) in [6, 6.07) is 4.76. The number of nitriles is 1. The third kappa shape index (κ3) is 2.63. The van der Waals surface area contributed by atoms with Crippen LogP contribution in [0.2, 0.25) is 0 Å². The number of benzene rings is 1. The quantitative estimate of drug-likeness (QED) is 0.736. The van der Waals surface area contributed by atoms with E-state index in [-0.39, 0.29) is 17.9 Å². The maximum absolute atomic E-state index is 11.7. The van der Waals surface area contributed by atoms with E-state index in [2.05, 4.69) is 0 Å².